The number of pyridine rings is 2. The van der Waals surface area contributed by atoms with Gasteiger partial charge in [0.05, 0.1) is 12.1 Å². The Hall–Kier alpha value is -1.78. The number of likely N-dealkylation sites (N-methyl/N-ethyl adjacent to an activating group) is 2. The number of nitrogens with zero attached hydrogens (tertiary/aromatic N) is 2. The fourth-order valence-electron chi connectivity index (χ4n) is 2.19. The van der Waals surface area contributed by atoms with Crippen molar-refractivity contribution in [3.05, 3.63) is 60.2 Å². The Bertz CT molecular complexity index is 412. The molecule has 2 aromatic heterocycles. The Balaban J connectivity index is 2.31. The van der Waals surface area contributed by atoms with Gasteiger partial charge in [-0.3, -0.25) is 9.97 Å². The first-order valence-electron chi connectivity index (χ1n) is 6.01. The molecule has 2 aromatic rings. The summed E-state index contributed by atoms with van der Waals surface area (Å²) in [6.07, 6.45) is 7.27. The van der Waals surface area contributed by atoms with Gasteiger partial charge in [-0.2, -0.15) is 0 Å². The molecule has 4 nitrogen and oxygen atoms in total. The molecule has 0 aliphatic heterocycles. The Morgan fingerprint density at radius 3 is 1.33 bits per heavy atom. The van der Waals surface area contributed by atoms with Crippen LogP contribution in [-0.4, -0.2) is 24.1 Å². The van der Waals surface area contributed by atoms with E-state index in [2.05, 4.69) is 20.6 Å². The Labute approximate surface area is 107 Å². The molecule has 0 saturated carbocycles. The summed E-state index contributed by atoms with van der Waals surface area (Å²) in [4.78, 5) is 8.12. The van der Waals surface area contributed by atoms with Gasteiger partial charge in [0.1, 0.15) is 0 Å². The van der Waals surface area contributed by atoms with Crippen LogP contribution in [0.1, 0.15) is 23.2 Å². The molecular weight excluding hydrogens is 224 g/mol. The summed E-state index contributed by atoms with van der Waals surface area (Å²) in [6, 6.07) is 8.53. The third-order valence-electron chi connectivity index (χ3n) is 3.09. The minimum absolute atomic E-state index is 0.195. The van der Waals surface area contributed by atoms with Crippen LogP contribution in [0.2, 0.25) is 0 Å². The van der Waals surface area contributed by atoms with E-state index in [0.29, 0.717) is 0 Å². The maximum absolute atomic E-state index is 4.06. The Morgan fingerprint density at radius 2 is 1.06 bits per heavy atom. The monoisotopic (exact) mass is 242 g/mol. The fourth-order valence-corrected chi connectivity index (χ4v) is 2.19. The van der Waals surface area contributed by atoms with Gasteiger partial charge in [-0.1, -0.05) is 0 Å². The second kappa shape index (κ2) is 6.23. The van der Waals surface area contributed by atoms with E-state index in [1.54, 1.807) is 0 Å². The van der Waals surface area contributed by atoms with Gasteiger partial charge < -0.3 is 10.6 Å². The van der Waals surface area contributed by atoms with Gasteiger partial charge in [0, 0.05) is 24.8 Å². The molecular formula is C14H18N4. The highest BCUT2D eigenvalue weighted by Gasteiger charge is 2.21. The number of hydrogen-bond acceptors (Lipinski definition) is 4. The number of hydrogen-bond donors (Lipinski definition) is 2. The van der Waals surface area contributed by atoms with Crippen molar-refractivity contribution in [2.45, 2.75) is 12.1 Å². The largest absolute Gasteiger partial charge is 0.311 e. The standard InChI is InChI=1S/C14H18N4/c1-15-13(11-3-7-17-8-4-11)14(16-2)12-5-9-18-10-6-12/h3-10,13-16H,1-2H3/t13-,14+. The van der Waals surface area contributed by atoms with E-state index >= 15 is 0 Å². The Kier molecular flexibility index (Phi) is 4.39. The molecule has 0 radical (unpaired) electrons. The molecule has 2 rings (SSSR count). The summed E-state index contributed by atoms with van der Waals surface area (Å²) in [5.41, 5.74) is 2.42. The quantitative estimate of drug-likeness (QED) is 0.838. The van der Waals surface area contributed by atoms with Crippen LogP contribution in [0.25, 0.3) is 0 Å². The number of nitrogens with one attached hydrogen (secondary N) is 2. The zero-order valence-electron chi connectivity index (χ0n) is 10.7. The molecule has 2 heterocycles. The van der Waals surface area contributed by atoms with E-state index in [9.17, 15) is 0 Å². The minimum atomic E-state index is 0.195. The first kappa shape index (κ1) is 12.7. The minimum Gasteiger partial charge on any atom is -0.311 e. The molecule has 0 aromatic carbocycles. The predicted molar refractivity (Wildman–Crippen MR) is 72.1 cm³/mol. The van der Waals surface area contributed by atoms with Gasteiger partial charge in [0.25, 0.3) is 0 Å². The third kappa shape index (κ3) is 2.72. The van der Waals surface area contributed by atoms with Crippen LogP contribution >= 0.6 is 0 Å². The van der Waals surface area contributed by atoms with Crippen LogP contribution in [0.15, 0.2) is 49.1 Å². The van der Waals surface area contributed by atoms with Crippen LogP contribution < -0.4 is 10.6 Å². The van der Waals surface area contributed by atoms with Crippen molar-refractivity contribution in [2.75, 3.05) is 14.1 Å². The highest BCUT2D eigenvalue weighted by atomic mass is 15.0. The van der Waals surface area contributed by atoms with Crippen molar-refractivity contribution in [3.8, 4) is 0 Å². The summed E-state index contributed by atoms with van der Waals surface area (Å²) >= 11 is 0. The third-order valence-corrected chi connectivity index (χ3v) is 3.09. The zero-order valence-corrected chi connectivity index (χ0v) is 10.7. The lowest BCUT2D eigenvalue weighted by Gasteiger charge is -2.27. The molecule has 0 saturated heterocycles. The summed E-state index contributed by atoms with van der Waals surface area (Å²) < 4.78 is 0. The summed E-state index contributed by atoms with van der Waals surface area (Å²) in [6.45, 7) is 0. The van der Waals surface area contributed by atoms with Crippen LogP contribution in [0, 0.1) is 0 Å². The smallest absolute Gasteiger partial charge is 0.0516 e. The lowest BCUT2D eigenvalue weighted by Crippen LogP contribution is -2.31. The second-order valence-electron chi connectivity index (χ2n) is 4.09. The lowest BCUT2D eigenvalue weighted by molar-refractivity contribution is 0.432. The van der Waals surface area contributed by atoms with Gasteiger partial charge in [0.15, 0.2) is 0 Å². The van der Waals surface area contributed by atoms with E-state index in [4.69, 9.17) is 0 Å². The first-order valence-corrected chi connectivity index (χ1v) is 6.01. The van der Waals surface area contributed by atoms with E-state index in [-0.39, 0.29) is 12.1 Å². The molecule has 0 aliphatic rings. The van der Waals surface area contributed by atoms with Crippen molar-refractivity contribution < 1.29 is 0 Å². The van der Waals surface area contributed by atoms with Crippen molar-refractivity contribution >= 4 is 0 Å². The molecule has 4 heteroatoms. The van der Waals surface area contributed by atoms with Crippen LogP contribution in [0.3, 0.4) is 0 Å². The Morgan fingerprint density at radius 1 is 0.722 bits per heavy atom. The molecule has 18 heavy (non-hydrogen) atoms. The van der Waals surface area contributed by atoms with Crippen molar-refractivity contribution in [1.29, 1.82) is 0 Å². The molecule has 0 unspecified atom stereocenters. The maximum Gasteiger partial charge on any atom is 0.0516 e. The second-order valence-corrected chi connectivity index (χ2v) is 4.09. The average Bonchev–Trinajstić information content (AvgIpc) is 2.46. The average molecular weight is 242 g/mol. The maximum atomic E-state index is 4.06. The molecule has 2 N–H and O–H groups in total. The van der Waals surface area contributed by atoms with Crippen LogP contribution in [0.5, 0.6) is 0 Å². The van der Waals surface area contributed by atoms with Gasteiger partial charge in [-0.25, -0.2) is 0 Å². The van der Waals surface area contributed by atoms with E-state index < -0.39 is 0 Å². The van der Waals surface area contributed by atoms with E-state index in [1.165, 1.54) is 11.1 Å². The predicted octanol–water partition coefficient (Wildman–Crippen LogP) is 1.70. The molecule has 0 aliphatic carbocycles. The zero-order chi connectivity index (χ0) is 12.8. The van der Waals surface area contributed by atoms with Crippen LogP contribution in [0.4, 0.5) is 0 Å². The van der Waals surface area contributed by atoms with E-state index in [1.807, 2.05) is 63.1 Å². The fraction of sp³-hybridized carbons (Fsp3) is 0.286. The van der Waals surface area contributed by atoms with Crippen molar-refractivity contribution in [2.24, 2.45) is 0 Å². The van der Waals surface area contributed by atoms with Gasteiger partial charge in [-0.15, -0.1) is 0 Å². The summed E-state index contributed by atoms with van der Waals surface area (Å²) in [5.74, 6) is 0. The molecule has 94 valence electrons. The highest BCUT2D eigenvalue weighted by molar-refractivity contribution is 5.24. The molecule has 0 bridgehead atoms. The normalized spacial score (nSPS) is 14.1. The molecule has 0 amide bonds. The van der Waals surface area contributed by atoms with Crippen LogP contribution in [-0.2, 0) is 0 Å². The number of rotatable bonds is 5. The number of aromatic nitrogens is 2. The summed E-state index contributed by atoms with van der Waals surface area (Å²) in [7, 11) is 3.94. The SMILES string of the molecule is CN[C@H](c1ccncc1)[C@@H](NC)c1ccncc1. The summed E-state index contributed by atoms with van der Waals surface area (Å²) in [5, 5.41) is 6.71. The van der Waals surface area contributed by atoms with Crippen molar-refractivity contribution in [1.82, 2.24) is 20.6 Å². The lowest BCUT2D eigenvalue weighted by atomic mass is 9.95. The van der Waals surface area contributed by atoms with E-state index in [0.717, 1.165) is 0 Å². The highest BCUT2D eigenvalue weighted by Crippen LogP contribution is 2.27. The van der Waals surface area contributed by atoms with Crippen molar-refractivity contribution in [3.63, 3.8) is 0 Å². The topological polar surface area (TPSA) is 49.8 Å². The van der Waals surface area contributed by atoms with Gasteiger partial charge in [0.2, 0.25) is 0 Å². The van der Waals surface area contributed by atoms with Gasteiger partial charge >= 0.3 is 0 Å². The first-order chi connectivity index (χ1) is 8.86. The molecule has 2 atom stereocenters. The van der Waals surface area contributed by atoms with Gasteiger partial charge in [-0.05, 0) is 49.5 Å². The molecule has 0 fully saturated rings. The molecule has 0 spiro atoms.